The molecule has 14 heavy (non-hydrogen) atoms. The van der Waals surface area contributed by atoms with Gasteiger partial charge in [0.1, 0.15) is 0 Å². The lowest BCUT2D eigenvalue weighted by atomic mass is 10.0. The van der Waals surface area contributed by atoms with Gasteiger partial charge in [0.2, 0.25) is 5.91 Å². The number of piperidine rings is 1. The minimum absolute atomic E-state index is 0.0000926. The highest BCUT2D eigenvalue weighted by atomic mass is 16.1. The number of nitrogens with two attached hydrogens (primary N) is 1. The zero-order valence-electron chi connectivity index (χ0n) is 8.54. The number of carbonyl (C=O) groups excluding carboxylic acids is 1. The number of carbonyl (C=O) groups is 1. The van der Waals surface area contributed by atoms with E-state index in [2.05, 4.69) is 10.2 Å². The SMILES string of the molecule is NC(=O)C1CCCN1[C@H]1CCCNC1. The maximum Gasteiger partial charge on any atom is 0.234 e. The van der Waals surface area contributed by atoms with Crippen LogP contribution in [0.4, 0.5) is 0 Å². The molecule has 2 aliphatic rings. The van der Waals surface area contributed by atoms with E-state index in [1.807, 2.05) is 0 Å². The van der Waals surface area contributed by atoms with Crippen LogP contribution in [0.25, 0.3) is 0 Å². The van der Waals surface area contributed by atoms with Crippen LogP contribution in [-0.2, 0) is 4.79 Å². The highest BCUT2D eigenvalue weighted by Crippen LogP contribution is 2.22. The normalized spacial score (nSPS) is 34.6. The van der Waals surface area contributed by atoms with Crippen molar-refractivity contribution < 1.29 is 4.79 Å². The Labute approximate surface area is 84.8 Å². The Hall–Kier alpha value is -0.610. The van der Waals surface area contributed by atoms with E-state index in [-0.39, 0.29) is 11.9 Å². The number of nitrogens with zero attached hydrogens (tertiary/aromatic N) is 1. The summed E-state index contributed by atoms with van der Waals surface area (Å²) in [6.07, 6.45) is 4.49. The fourth-order valence-corrected chi connectivity index (χ4v) is 2.65. The van der Waals surface area contributed by atoms with Crippen LogP contribution < -0.4 is 11.1 Å². The predicted molar refractivity (Wildman–Crippen MR) is 54.8 cm³/mol. The van der Waals surface area contributed by atoms with E-state index in [1.165, 1.54) is 12.8 Å². The van der Waals surface area contributed by atoms with Crippen LogP contribution in [0.3, 0.4) is 0 Å². The lowest BCUT2D eigenvalue weighted by molar-refractivity contribution is -0.123. The Kier molecular flexibility index (Phi) is 3.03. The highest BCUT2D eigenvalue weighted by molar-refractivity contribution is 5.80. The first-order valence-corrected chi connectivity index (χ1v) is 5.55. The number of primary amides is 1. The third kappa shape index (κ3) is 1.91. The van der Waals surface area contributed by atoms with Crippen molar-refractivity contribution in [2.45, 2.75) is 37.8 Å². The Morgan fingerprint density at radius 3 is 2.86 bits per heavy atom. The monoisotopic (exact) mass is 197 g/mol. The van der Waals surface area contributed by atoms with Gasteiger partial charge in [-0.05, 0) is 38.8 Å². The number of hydrogen-bond acceptors (Lipinski definition) is 3. The second kappa shape index (κ2) is 4.28. The number of nitrogens with one attached hydrogen (secondary N) is 1. The molecule has 0 aromatic carbocycles. The highest BCUT2D eigenvalue weighted by Gasteiger charge is 2.34. The van der Waals surface area contributed by atoms with Crippen molar-refractivity contribution in [1.82, 2.24) is 10.2 Å². The second-order valence-electron chi connectivity index (χ2n) is 4.30. The van der Waals surface area contributed by atoms with E-state index in [9.17, 15) is 4.79 Å². The van der Waals surface area contributed by atoms with Crippen molar-refractivity contribution in [3.05, 3.63) is 0 Å². The summed E-state index contributed by atoms with van der Waals surface area (Å²) >= 11 is 0. The van der Waals surface area contributed by atoms with Crippen molar-refractivity contribution in [1.29, 1.82) is 0 Å². The predicted octanol–water partition coefficient (Wildman–Crippen LogP) is -0.312. The summed E-state index contributed by atoms with van der Waals surface area (Å²) in [4.78, 5) is 13.5. The minimum atomic E-state index is -0.145. The van der Waals surface area contributed by atoms with Gasteiger partial charge < -0.3 is 11.1 Å². The van der Waals surface area contributed by atoms with Gasteiger partial charge in [0.05, 0.1) is 6.04 Å². The molecule has 2 fully saturated rings. The lowest BCUT2D eigenvalue weighted by Crippen LogP contribution is -2.51. The molecular weight excluding hydrogens is 178 g/mol. The van der Waals surface area contributed by atoms with Crippen LogP contribution in [0, 0.1) is 0 Å². The van der Waals surface area contributed by atoms with Crippen LogP contribution in [0.5, 0.6) is 0 Å². The maximum absolute atomic E-state index is 11.2. The van der Waals surface area contributed by atoms with E-state index >= 15 is 0 Å². The molecule has 0 bridgehead atoms. The topological polar surface area (TPSA) is 58.4 Å². The standard InChI is InChI=1S/C10H19N3O/c11-10(14)9-4-2-6-13(9)8-3-1-5-12-7-8/h8-9,12H,1-7H2,(H2,11,14)/t8-,9?/m0/s1. The van der Waals surface area contributed by atoms with Gasteiger partial charge in [-0.15, -0.1) is 0 Å². The molecule has 0 aliphatic carbocycles. The van der Waals surface area contributed by atoms with Gasteiger partial charge in [-0.2, -0.15) is 0 Å². The molecule has 2 saturated heterocycles. The quantitative estimate of drug-likeness (QED) is 0.638. The molecule has 0 aromatic rings. The first-order chi connectivity index (χ1) is 6.79. The Balaban J connectivity index is 1.97. The van der Waals surface area contributed by atoms with Gasteiger partial charge in [0, 0.05) is 12.6 Å². The van der Waals surface area contributed by atoms with Gasteiger partial charge in [-0.1, -0.05) is 0 Å². The Morgan fingerprint density at radius 1 is 1.36 bits per heavy atom. The molecule has 2 heterocycles. The molecule has 0 radical (unpaired) electrons. The number of hydrogen-bond donors (Lipinski definition) is 2. The third-order valence-corrected chi connectivity index (χ3v) is 3.36. The molecule has 1 unspecified atom stereocenters. The van der Waals surface area contributed by atoms with E-state index in [0.29, 0.717) is 6.04 Å². The summed E-state index contributed by atoms with van der Waals surface area (Å²) in [5.41, 5.74) is 5.39. The van der Waals surface area contributed by atoms with E-state index < -0.39 is 0 Å². The molecule has 2 aliphatic heterocycles. The zero-order valence-corrected chi connectivity index (χ0v) is 8.54. The summed E-state index contributed by atoms with van der Waals surface area (Å²) in [5.74, 6) is -0.145. The molecule has 4 nitrogen and oxygen atoms in total. The fraction of sp³-hybridized carbons (Fsp3) is 0.900. The molecule has 0 saturated carbocycles. The molecule has 0 spiro atoms. The van der Waals surface area contributed by atoms with Crippen molar-refractivity contribution >= 4 is 5.91 Å². The molecule has 80 valence electrons. The summed E-state index contributed by atoms with van der Waals surface area (Å²) in [6.45, 7) is 3.18. The number of rotatable bonds is 2. The zero-order chi connectivity index (χ0) is 9.97. The van der Waals surface area contributed by atoms with Gasteiger partial charge >= 0.3 is 0 Å². The summed E-state index contributed by atoms with van der Waals surface area (Å²) in [5, 5.41) is 3.38. The second-order valence-corrected chi connectivity index (χ2v) is 4.30. The average molecular weight is 197 g/mol. The molecule has 1 amide bonds. The first kappa shape index (κ1) is 9.93. The summed E-state index contributed by atoms with van der Waals surface area (Å²) in [7, 11) is 0. The summed E-state index contributed by atoms with van der Waals surface area (Å²) < 4.78 is 0. The van der Waals surface area contributed by atoms with Crippen LogP contribution in [-0.4, -0.2) is 42.5 Å². The van der Waals surface area contributed by atoms with Crippen LogP contribution in [0.1, 0.15) is 25.7 Å². The largest absolute Gasteiger partial charge is 0.368 e. The van der Waals surface area contributed by atoms with Gasteiger partial charge in [0.25, 0.3) is 0 Å². The molecule has 2 rings (SSSR count). The Morgan fingerprint density at radius 2 is 2.21 bits per heavy atom. The minimum Gasteiger partial charge on any atom is -0.368 e. The third-order valence-electron chi connectivity index (χ3n) is 3.36. The molecule has 0 aromatic heterocycles. The summed E-state index contributed by atoms with van der Waals surface area (Å²) in [6, 6.07) is 0.531. The fourth-order valence-electron chi connectivity index (χ4n) is 2.65. The maximum atomic E-state index is 11.2. The molecular formula is C10H19N3O. The van der Waals surface area contributed by atoms with E-state index in [1.54, 1.807) is 0 Å². The van der Waals surface area contributed by atoms with E-state index in [4.69, 9.17) is 5.73 Å². The van der Waals surface area contributed by atoms with E-state index in [0.717, 1.165) is 32.5 Å². The molecule has 4 heteroatoms. The van der Waals surface area contributed by atoms with Gasteiger partial charge in [0.15, 0.2) is 0 Å². The number of amides is 1. The first-order valence-electron chi connectivity index (χ1n) is 5.55. The van der Waals surface area contributed by atoms with Crippen LogP contribution >= 0.6 is 0 Å². The van der Waals surface area contributed by atoms with Crippen LogP contribution in [0.15, 0.2) is 0 Å². The van der Waals surface area contributed by atoms with Crippen LogP contribution in [0.2, 0.25) is 0 Å². The Bertz CT molecular complexity index is 213. The smallest absolute Gasteiger partial charge is 0.234 e. The lowest BCUT2D eigenvalue weighted by Gasteiger charge is -2.34. The molecule has 3 N–H and O–H groups in total. The van der Waals surface area contributed by atoms with Gasteiger partial charge in [-0.25, -0.2) is 0 Å². The van der Waals surface area contributed by atoms with Crippen molar-refractivity contribution in [2.24, 2.45) is 5.73 Å². The van der Waals surface area contributed by atoms with Crippen molar-refractivity contribution in [2.75, 3.05) is 19.6 Å². The average Bonchev–Trinajstić information content (AvgIpc) is 2.67. The number of likely N-dealkylation sites (tertiary alicyclic amines) is 1. The van der Waals surface area contributed by atoms with Crippen molar-refractivity contribution in [3.63, 3.8) is 0 Å². The van der Waals surface area contributed by atoms with Crippen molar-refractivity contribution in [3.8, 4) is 0 Å². The van der Waals surface area contributed by atoms with Gasteiger partial charge in [-0.3, -0.25) is 9.69 Å². The molecule has 2 atom stereocenters.